The molecule has 0 spiro atoms. The molecule has 20 heavy (non-hydrogen) atoms. The van der Waals surface area contributed by atoms with Crippen LogP contribution in [0.25, 0.3) is 5.69 Å². The van der Waals surface area contributed by atoms with E-state index in [1.54, 1.807) is 28.9 Å². The summed E-state index contributed by atoms with van der Waals surface area (Å²) in [5, 5.41) is 10.2. The molecule has 3 rings (SSSR count). The molecule has 1 saturated heterocycles. The minimum atomic E-state index is -0.376. The Morgan fingerprint density at radius 3 is 2.95 bits per heavy atom. The molecule has 1 aromatic carbocycles. The van der Waals surface area contributed by atoms with Crippen LogP contribution >= 0.6 is 11.8 Å². The summed E-state index contributed by atoms with van der Waals surface area (Å²) in [7, 11) is 0. The van der Waals surface area contributed by atoms with Crippen LogP contribution in [-0.4, -0.2) is 50.9 Å². The maximum atomic E-state index is 12.2. The second kappa shape index (κ2) is 5.30. The van der Waals surface area contributed by atoms with Crippen LogP contribution in [0.3, 0.4) is 0 Å². The van der Waals surface area contributed by atoms with Gasteiger partial charge in [-0.25, -0.2) is 4.98 Å². The zero-order valence-electron chi connectivity index (χ0n) is 11.1. The molecule has 0 unspecified atom stereocenters. The topological polar surface area (TPSA) is 58.4 Å². The molecule has 0 saturated carbocycles. The summed E-state index contributed by atoms with van der Waals surface area (Å²) in [6, 6.07) is 7.46. The minimum absolute atomic E-state index is 0.0389. The van der Waals surface area contributed by atoms with E-state index in [9.17, 15) is 9.90 Å². The molecule has 0 atom stereocenters. The number of nitrogens with zero attached hydrogens (tertiary/aromatic N) is 3. The van der Waals surface area contributed by atoms with Crippen molar-refractivity contribution >= 4 is 17.7 Å². The summed E-state index contributed by atoms with van der Waals surface area (Å²) < 4.78 is 1.95. The predicted molar refractivity (Wildman–Crippen MR) is 77.3 cm³/mol. The average molecular weight is 289 g/mol. The van der Waals surface area contributed by atoms with Crippen LogP contribution in [0, 0.1) is 0 Å². The summed E-state index contributed by atoms with van der Waals surface area (Å²) in [4.78, 5) is 18.1. The molecule has 5 nitrogen and oxygen atoms in total. The SMILES string of the molecule is CSc1nccn1-c1cccc(C(=O)N2CC(O)C2)c1. The number of amides is 1. The number of carbonyl (C=O) groups excluding carboxylic acids is 1. The van der Waals surface area contributed by atoms with Crippen LogP contribution < -0.4 is 0 Å². The second-order valence-electron chi connectivity index (χ2n) is 4.70. The Labute approximate surface area is 121 Å². The largest absolute Gasteiger partial charge is 0.389 e. The number of carbonyl (C=O) groups is 1. The first kappa shape index (κ1) is 13.2. The fourth-order valence-corrected chi connectivity index (χ4v) is 2.76. The van der Waals surface area contributed by atoms with Crippen molar-refractivity contribution in [2.75, 3.05) is 19.3 Å². The van der Waals surface area contributed by atoms with Crippen LogP contribution in [0.5, 0.6) is 0 Å². The molecule has 1 aliphatic rings. The third-order valence-corrected chi connectivity index (χ3v) is 3.98. The smallest absolute Gasteiger partial charge is 0.254 e. The molecule has 104 valence electrons. The van der Waals surface area contributed by atoms with Gasteiger partial charge in [0, 0.05) is 36.7 Å². The Kier molecular flexibility index (Phi) is 3.50. The Morgan fingerprint density at radius 1 is 1.45 bits per heavy atom. The zero-order chi connectivity index (χ0) is 14.1. The van der Waals surface area contributed by atoms with Gasteiger partial charge in [0.25, 0.3) is 5.91 Å². The summed E-state index contributed by atoms with van der Waals surface area (Å²) in [6.07, 6.45) is 5.21. The van der Waals surface area contributed by atoms with Gasteiger partial charge in [0.15, 0.2) is 5.16 Å². The normalized spacial score (nSPS) is 15.2. The number of thioether (sulfide) groups is 1. The number of aromatic nitrogens is 2. The fourth-order valence-electron chi connectivity index (χ4n) is 2.23. The number of rotatable bonds is 3. The van der Waals surface area contributed by atoms with E-state index in [4.69, 9.17) is 0 Å². The lowest BCUT2D eigenvalue weighted by Crippen LogP contribution is -2.53. The van der Waals surface area contributed by atoms with Crippen molar-refractivity contribution in [2.24, 2.45) is 0 Å². The number of hydrogen-bond donors (Lipinski definition) is 1. The Morgan fingerprint density at radius 2 is 2.25 bits per heavy atom. The van der Waals surface area contributed by atoms with Crippen LogP contribution in [-0.2, 0) is 0 Å². The first-order valence-electron chi connectivity index (χ1n) is 6.34. The molecule has 1 aromatic heterocycles. The Bertz CT molecular complexity index is 635. The number of aliphatic hydroxyl groups excluding tert-OH is 1. The third kappa shape index (κ3) is 2.32. The molecule has 1 N–H and O–H groups in total. The Hall–Kier alpha value is -1.79. The molecule has 1 aliphatic heterocycles. The average Bonchev–Trinajstić information content (AvgIpc) is 2.92. The van der Waals surface area contributed by atoms with Gasteiger partial charge in [-0.2, -0.15) is 0 Å². The third-order valence-electron chi connectivity index (χ3n) is 3.31. The maximum absolute atomic E-state index is 12.2. The number of β-amino-alcohol motifs (C(OH)–C–C–N with tert-alkyl or cyclic N) is 1. The number of aliphatic hydroxyl groups is 1. The van der Waals surface area contributed by atoms with Crippen molar-refractivity contribution in [1.29, 1.82) is 0 Å². The molecule has 0 aliphatic carbocycles. The standard InChI is InChI=1S/C14H15N3O2S/c1-20-14-15-5-6-17(14)11-4-2-3-10(7-11)13(19)16-8-12(18)9-16/h2-7,12,18H,8-9H2,1H3. The molecule has 1 amide bonds. The van der Waals surface area contributed by atoms with Crippen molar-refractivity contribution < 1.29 is 9.90 Å². The van der Waals surface area contributed by atoms with Crippen LogP contribution in [0.4, 0.5) is 0 Å². The van der Waals surface area contributed by atoms with E-state index in [1.165, 1.54) is 0 Å². The summed E-state index contributed by atoms with van der Waals surface area (Å²) >= 11 is 1.56. The lowest BCUT2D eigenvalue weighted by molar-refractivity contribution is 0.00589. The van der Waals surface area contributed by atoms with Gasteiger partial charge >= 0.3 is 0 Å². The molecule has 0 bridgehead atoms. The maximum Gasteiger partial charge on any atom is 0.254 e. The van der Waals surface area contributed by atoms with Crippen molar-refractivity contribution in [3.63, 3.8) is 0 Å². The van der Waals surface area contributed by atoms with Gasteiger partial charge in [-0.15, -0.1) is 0 Å². The van der Waals surface area contributed by atoms with Gasteiger partial charge in [-0.1, -0.05) is 17.8 Å². The lowest BCUT2D eigenvalue weighted by atomic mass is 10.1. The van der Waals surface area contributed by atoms with Gasteiger partial charge in [0.1, 0.15) is 0 Å². The molecular weight excluding hydrogens is 274 g/mol. The molecule has 0 radical (unpaired) electrons. The summed E-state index contributed by atoms with van der Waals surface area (Å²) in [5.41, 5.74) is 1.55. The Balaban J connectivity index is 1.88. The zero-order valence-corrected chi connectivity index (χ0v) is 11.9. The highest BCUT2D eigenvalue weighted by molar-refractivity contribution is 7.98. The van der Waals surface area contributed by atoms with E-state index in [0.717, 1.165) is 10.8 Å². The van der Waals surface area contributed by atoms with Crippen molar-refractivity contribution in [3.05, 3.63) is 42.2 Å². The number of likely N-dealkylation sites (tertiary alicyclic amines) is 1. The second-order valence-corrected chi connectivity index (χ2v) is 5.47. The summed E-state index contributed by atoms with van der Waals surface area (Å²) in [5.74, 6) is -0.0389. The van der Waals surface area contributed by atoms with Gasteiger partial charge < -0.3 is 10.0 Å². The minimum Gasteiger partial charge on any atom is -0.389 e. The molecule has 2 heterocycles. The van der Waals surface area contributed by atoms with Crippen LogP contribution in [0.1, 0.15) is 10.4 Å². The number of imidazole rings is 1. The highest BCUT2D eigenvalue weighted by Crippen LogP contribution is 2.20. The monoisotopic (exact) mass is 289 g/mol. The van der Waals surface area contributed by atoms with Crippen LogP contribution in [0.2, 0.25) is 0 Å². The van der Waals surface area contributed by atoms with Crippen molar-refractivity contribution in [1.82, 2.24) is 14.5 Å². The summed E-state index contributed by atoms with van der Waals surface area (Å²) in [6.45, 7) is 0.842. The number of hydrogen-bond acceptors (Lipinski definition) is 4. The highest BCUT2D eigenvalue weighted by Gasteiger charge is 2.29. The van der Waals surface area contributed by atoms with E-state index in [2.05, 4.69) is 4.98 Å². The number of benzene rings is 1. The first-order valence-corrected chi connectivity index (χ1v) is 7.56. The lowest BCUT2D eigenvalue weighted by Gasteiger charge is -2.35. The van der Waals surface area contributed by atoms with E-state index in [-0.39, 0.29) is 12.0 Å². The first-order chi connectivity index (χ1) is 9.69. The quantitative estimate of drug-likeness (QED) is 0.868. The highest BCUT2D eigenvalue weighted by atomic mass is 32.2. The van der Waals surface area contributed by atoms with Gasteiger partial charge in [-0.05, 0) is 24.5 Å². The van der Waals surface area contributed by atoms with Crippen molar-refractivity contribution in [3.8, 4) is 5.69 Å². The van der Waals surface area contributed by atoms with Gasteiger partial charge in [0.05, 0.1) is 6.10 Å². The van der Waals surface area contributed by atoms with E-state index < -0.39 is 0 Å². The molecular formula is C14H15N3O2S. The molecule has 6 heteroatoms. The fraction of sp³-hybridized carbons (Fsp3) is 0.286. The van der Waals surface area contributed by atoms with Crippen molar-refractivity contribution in [2.45, 2.75) is 11.3 Å². The van der Waals surface area contributed by atoms with Gasteiger partial charge in [0.2, 0.25) is 0 Å². The van der Waals surface area contributed by atoms with Gasteiger partial charge in [-0.3, -0.25) is 9.36 Å². The predicted octanol–water partition coefficient (Wildman–Crippen LogP) is 1.41. The van der Waals surface area contributed by atoms with E-state index >= 15 is 0 Å². The van der Waals surface area contributed by atoms with E-state index in [0.29, 0.717) is 18.7 Å². The van der Waals surface area contributed by atoms with E-state index in [1.807, 2.05) is 35.2 Å². The molecule has 2 aromatic rings. The molecule has 1 fully saturated rings. The van der Waals surface area contributed by atoms with Crippen LogP contribution in [0.15, 0.2) is 41.8 Å².